The predicted molar refractivity (Wildman–Crippen MR) is 72.0 cm³/mol. The number of nitrogens with zero attached hydrogens (tertiary/aromatic N) is 1. The lowest BCUT2D eigenvalue weighted by molar-refractivity contribution is -0.140. The highest BCUT2D eigenvalue weighted by atomic mass is 19.3. The number of hydrogen-bond donors (Lipinski definition) is 1. The van der Waals surface area contributed by atoms with E-state index in [1.165, 1.54) is 12.1 Å². The zero-order valence-corrected chi connectivity index (χ0v) is 11.7. The summed E-state index contributed by atoms with van der Waals surface area (Å²) in [5, 5.41) is 0. The molecule has 1 fully saturated rings. The van der Waals surface area contributed by atoms with Crippen LogP contribution in [0.3, 0.4) is 0 Å². The van der Waals surface area contributed by atoms with Crippen LogP contribution in [0.1, 0.15) is 18.6 Å². The number of benzene rings is 1. The van der Waals surface area contributed by atoms with Crippen molar-refractivity contribution in [1.29, 1.82) is 0 Å². The maximum Gasteiger partial charge on any atom is 0.387 e. The summed E-state index contributed by atoms with van der Waals surface area (Å²) in [7, 11) is 0. The predicted octanol–water partition coefficient (Wildman–Crippen LogP) is 1.54. The normalized spacial score (nSPS) is 20.4. The highest BCUT2D eigenvalue weighted by molar-refractivity contribution is 5.81. The molecule has 2 N–H and O–H groups in total. The van der Waals surface area contributed by atoms with Crippen LogP contribution in [-0.2, 0) is 9.53 Å². The van der Waals surface area contributed by atoms with E-state index in [-0.39, 0.29) is 17.8 Å². The van der Waals surface area contributed by atoms with Crippen molar-refractivity contribution >= 4 is 5.91 Å². The molecule has 0 aliphatic carbocycles. The number of nitrogens with two attached hydrogens (primary N) is 1. The summed E-state index contributed by atoms with van der Waals surface area (Å²) in [6, 6.07) is 5.74. The van der Waals surface area contributed by atoms with Gasteiger partial charge in [0.05, 0.1) is 19.2 Å². The van der Waals surface area contributed by atoms with Gasteiger partial charge in [-0.3, -0.25) is 4.79 Å². The van der Waals surface area contributed by atoms with Crippen LogP contribution in [0.5, 0.6) is 5.75 Å². The first-order chi connectivity index (χ1) is 9.97. The highest BCUT2D eigenvalue weighted by Gasteiger charge is 2.27. The minimum absolute atomic E-state index is 0.0711. The number of morpholine rings is 1. The second-order valence-corrected chi connectivity index (χ2v) is 4.88. The van der Waals surface area contributed by atoms with Crippen molar-refractivity contribution in [2.24, 2.45) is 5.73 Å². The monoisotopic (exact) mass is 300 g/mol. The minimum Gasteiger partial charge on any atom is -0.435 e. The highest BCUT2D eigenvalue weighted by Crippen LogP contribution is 2.26. The lowest BCUT2D eigenvalue weighted by Crippen LogP contribution is -2.48. The van der Waals surface area contributed by atoms with E-state index >= 15 is 0 Å². The van der Waals surface area contributed by atoms with Crippen LogP contribution in [0.25, 0.3) is 0 Å². The van der Waals surface area contributed by atoms with Gasteiger partial charge in [-0.2, -0.15) is 8.78 Å². The average molecular weight is 300 g/mol. The summed E-state index contributed by atoms with van der Waals surface area (Å²) in [6.45, 7) is -0.0427. The van der Waals surface area contributed by atoms with Gasteiger partial charge in [-0.25, -0.2) is 0 Å². The van der Waals surface area contributed by atoms with Crippen LogP contribution in [0, 0.1) is 0 Å². The van der Waals surface area contributed by atoms with Crippen LogP contribution in [0.15, 0.2) is 24.3 Å². The fourth-order valence-electron chi connectivity index (χ4n) is 2.23. The van der Waals surface area contributed by atoms with Crippen molar-refractivity contribution in [3.8, 4) is 5.75 Å². The molecule has 0 saturated carbocycles. The molecule has 2 atom stereocenters. The third-order valence-electron chi connectivity index (χ3n) is 3.22. The van der Waals surface area contributed by atoms with E-state index in [0.717, 1.165) is 0 Å². The summed E-state index contributed by atoms with van der Waals surface area (Å²) in [5.74, 6) is -0.0787. The van der Waals surface area contributed by atoms with Gasteiger partial charge in [0.1, 0.15) is 11.9 Å². The molecule has 116 valence electrons. The fourth-order valence-corrected chi connectivity index (χ4v) is 2.23. The van der Waals surface area contributed by atoms with Gasteiger partial charge in [-0.1, -0.05) is 12.1 Å². The molecule has 5 nitrogen and oxygen atoms in total. The van der Waals surface area contributed by atoms with E-state index in [2.05, 4.69) is 4.74 Å². The molecule has 1 aromatic carbocycles. The van der Waals surface area contributed by atoms with E-state index < -0.39 is 12.7 Å². The fraction of sp³-hybridized carbons (Fsp3) is 0.500. The Morgan fingerprint density at radius 2 is 2.29 bits per heavy atom. The second-order valence-electron chi connectivity index (χ2n) is 4.88. The summed E-state index contributed by atoms with van der Waals surface area (Å²) < 4.78 is 34.4. The first kappa shape index (κ1) is 15.7. The number of carbonyl (C=O) groups excluding carboxylic acids is 1. The molecular formula is C14H18F2N2O3. The van der Waals surface area contributed by atoms with Crippen LogP contribution in [0.2, 0.25) is 0 Å². The Morgan fingerprint density at radius 1 is 1.52 bits per heavy atom. The van der Waals surface area contributed by atoms with E-state index in [1.807, 2.05) is 0 Å². The summed E-state index contributed by atoms with van der Waals surface area (Å²) in [6.07, 6.45) is -0.373. The molecule has 21 heavy (non-hydrogen) atoms. The van der Waals surface area contributed by atoms with Gasteiger partial charge >= 0.3 is 6.61 Å². The Bertz CT molecular complexity index is 497. The molecule has 1 aliphatic rings. The summed E-state index contributed by atoms with van der Waals surface area (Å²) in [5.41, 5.74) is 6.28. The lowest BCUT2D eigenvalue weighted by Gasteiger charge is -2.34. The molecule has 7 heteroatoms. The van der Waals surface area contributed by atoms with E-state index in [0.29, 0.717) is 25.3 Å². The van der Waals surface area contributed by atoms with Gasteiger partial charge in [-0.15, -0.1) is 0 Å². The third-order valence-corrected chi connectivity index (χ3v) is 3.22. The molecular weight excluding hydrogens is 282 g/mol. The van der Waals surface area contributed by atoms with Crippen molar-refractivity contribution in [1.82, 2.24) is 4.90 Å². The maximum atomic E-state index is 12.2. The largest absolute Gasteiger partial charge is 0.435 e. The number of alkyl halides is 2. The van der Waals surface area contributed by atoms with Crippen molar-refractivity contribution in [3.05, 3.63) is 29.8 Å². The Labute approximate surface area is 121 Å². The number of hydrogen-bond acceptors (Lipinski definition) is 4. The van der Waals surface area contributed by atoms with Crippen molar-refractivity contribution in [2.45, 2.75) is 25.7 Å². The van der Waals surface area contributed by atoms with Crippen LogP contribution < -0.4 is 10.5 Å². The zero-order chi connectivity index (χ0) is 15.4. The molecule has 1 aromatic rings. The second kappa shape index (κ2) is 6.82. The topological polar surface area (TPSA) is 64.8 Å². The van der Waals surface area contributed by atoms with Crippen molar-refractivity contribution < 1.29 is 23.0 Å². The zero-order valence-electron chi connectivity index (χ0n) is 11.7. The molecule has 2 rings (SSSR count). The number of carbonyl (C=O) groups is 1. The molecule has 1 amide bonds. The van der Waals surface area contributed by atoms with Gasteiger partial charge in [0.15, 0.2) is 0 Å². The lowest BCUT2D eigenvalue weighted by atomic mass is 10.1. The van der Waals surface area contributed by atoms with E-state index in [4.69, 9.17) is 10.5 Å². The third kappa shape index (κ3) is 4.12. The number of halogens is 2. The Kier molecular flexibility index (Phi) is 5.08. The van der Waals surface area contributed by atoms with Crippen LogP contribution in [0.4, 0.5) is 8.78 Å². The van der Waals surface area contributed by atoms with Crippen LogP contribution >= 0.6 is 0 Å². The van der Waals surface area contributed by atoms with Crippen molar-refractivity contribution in [2.75, 3.05) is 19.7 Å². The molecule has 0 radical (unpaired) electrons. The Balaban J connectivity index is 2.09. The van der Waals surface area contributed by atoms with Gasteiger partial charge in [0, 0.05) is 6.54 Å². The molecule has 1 aliphatic heterocycles. The molecule has 1 heterocycles. The number of ether oxygens (including phenoxy) is 2. The van der Waals surface area contributed by atoms with Gasteiger partial charge in [-0.05, 0) is 24.6 Å². The number of rotatable bonds is 4. The molecule has 0 spiro atoms. The van der Waals surface area contributed by atoms with E-state index in [1.54, 1.807) is 24.0 Å². The molecule has 1 saturated heterocycles. The SMILES string of the molecule is C[C@@H](N)C(=O)N1CCO[C@@H](c2cccc(OC(F)F)c2)C1. The van der Waals surface area contributed by atoms with Gasteiger partial charge < -0.3 is 20.1 Å². The summed E-state index contributed by atoms with van der Waals surface area (Å²) >= 11 is 0. The minimum atomic E-state index is -2.87. The van der Waals surface area contributed by atoms with Gasteiger partial charge in [0.2, 0.25) is 5.91 Å². The van der Waals surface area contributed by atoms with Crippen molar-refractivity contribution in [3.63, 3.8) is 0 Å². The first-order valence-electron chi connectivity index (χ1n) is 6.68. The summed E-state index contributed by atoms with van der Waals surface area (Å²) in [4.78, 5) is 13.5. The van der Waals surface area contributed by atoms with E-state index in [9.17, 15) is 13.6 Å². The average Bonchev–Trinajstić information content (AvgIpc) is 2.46. The Hall–Kier alpha value is -1.73. The molecule has 0 aromatic heterocycles. The first-order valence-corrected chi connectivity index (χ1v) is 6.68. The number of amides is 1. The Morgan fingerprint density at radius 3 is 2.95 bits per heavy atom. The smallest absolute Gasteiger partial charge is 0.387 e. The standard InChI is InChI=1S/C14H18F2N2O3/c1-9(17)13(19)18-5-6-20-12(8-18)10-3-2-4-11(7-10)21-14(15)16/h2-4,7,9,12,14H,5-6,8,17H2,1H3/t9-,12-/m1/s1. The quantitative estimate of drug-likeness (QED) is 0.916. The van der Waals surface area contributed by atoms with Crippen LogP contribution in [-0.4, -0.2) is 43.2 Å². The molecule has 0 bridgehead atoms. The molecule has 0 unspecified atom stereocenters. The van der Waals surface area contributed by atoms with Gasteiger partial charge in [0.25, 0.3) is 0 Å². The maximum absolute atomic E-state index is 12.2.